The van der Waals surface area contributed by atoms with Crippen LogP contribution in [0.5, 0.6) is 0 Å². The van der Waals surface area contributed by atoms with Crippen molar-refractivity contribution >= 4 is 15.7 Å². The van der Waals surface area contributed by atoms with E-state index >= 15 is 0 Å². The van der Waals surface area contributed by atoms with Gasteiger partial charge in [0.2, 0.25) is 0 Å². The van der Waals surface area contributed by atoms with Gasteiger partial charge in [0.15, 0.2) is 5.79 Å². The summed E-state index contributed by atoms with van der Waals surface area (Å²) in [6, 6.07) is 13.1. The van der Waals surface area contributed by atoms with Crippen LogP contribution in [0.2, 0.25) is 0 Å². The molecule has 0 bridgehead atoms. The number of hydrogen-bond acceptors (Lipinski definition) is 4. The second-order valence-electron chi connectivity index (χ2n) is 8.60. The summed E-state index contributed by atoms with van der Waals surface area (Å²) >= 11 is 0. The Morgan fingerprint density at radius 2 is 1.77 bits per heavy atom. The molecule has 0 aromatic heterocycles. The molecule has 0 unspecified atom stereocenters. The highest BCUT2D eigenvalue weighted by atomic mass is 32.2. The van der Waals surface area contributed by atoms with Crippen LogP contribution in [-0.2, 0) is 19.5 Å². The van der Waals surface area contributed by atoms with Crippen molar-refractivity contribution in [2.75, 3.05) is 17.5 Å². The standard InChI is InChI=1S/C24H26N2O4S/c1-17-10-12-18(13-11-17)31(27,28)26-21-9-4-3-7-19(21)22(25-2)23(26)20-8-5-6-14-24(20)29-15-16-30-24/h3-4,7,9-13,20,22-23H,5-6,8,14-16H2,1H3/t20-,22-,23+/m0/s1. The smallest absolute Gasteiger partial charge is 0.272 e. The maximum absolute atomic E-state index is 14.0. The number of sulfonamides is 1. The van der Waals surface area contributed by atoms with E-state index in [0.29, 0.717) is 18.9 Å². The maximum Gasteiger partial charge on any atom is 0.272 e. The number of rotatable bonds is 3. The van der Waals surface area contributed by atoms with Crippen molar-refractivity contribution in [3.8, 4) is 0 Å². The highest BCUT2D eigenvalue weighted by Crippen LogP contribution is 2.53. The van der Waals surface area contributed by atoms with Crippen LogP contribution in [0.25, 0.3) is 4.85 Å². The highest BCUT2D eigenvalue weighted by molar-refractivity contribution is 7.92. The fourth-order valence-electron chi connectivity index (χ4n) is 5.45. The third-order valence-corrected chi connectivity index (χ3v) is 8.67. The van der Waals surface area contributed by atoms with Gasteiger partial charge in [0.1, 0.15) is 6.04 Å². The Hall–Kier alpha value is -2.40. The Bertz CT molecular complexity index is 1120. The molecule has 0 radical (unpaired) electrons. The molecule has 2 aliphatic heterocycles. The Balaban J connectivity index is 1.68. The minimum absolute atomic E-state index is 0.213. The van der Waals surface area contributed by atoms with Crippen LogP contribution in [0.4, 0.5) is 5.69 Å². The average molecular weight is 439 g/mol. The first-order chi connectivity index (χ1) is 15.0. The molecule has 3 atom stereocenters. The number of fused-ring (bicyclic) bond motifs is 1. The van der Waals surface area contributed by atoms with Gasteiger partial charge in [-0.05, 0) is 44.0 Å². The van der Waals surface area contributed by atoms with Gasteiger partial charge in [0.05, 0.1) is 29.4 Å². The van der Waals surface area contributed by atoms with Gasteiger partial charge >= 0.3 is 0 Å². The minimum Gasteiger partial charge on any atom is -0.347 e. The number of aryl methyl sites for hydroxylation is 1. The summed E-state index contributed by atoms with van der Waals surface area (Å²) in [5.74, 6) is -1.02. The maximum atomic E-state index is 14.0. The van der Waals surface area contributed by atoms with Gasteiger partial charge in [-0.1, -0.05) is 36.2 Å². The Morgan fingerprint density at radius 1 is 1.06 bits per heavy atom. The van der Waals surface area contributed by atoms with E-state index in [2.05, 4.69) is 4.85 Å². The molecule has 6 nitrogen and oxygen atoms in total. The summed E-state index contributed by atoms with van der Waals surface area (Å²) in [7, 11) is -3.88. The van der Waals surface area contributed by atoms with Crippen molar-refractivity contribution in [2.45, 2.75) is 55.4 Å². The van der Waals surface area contributed by atoms with E-state index in [-0.39, 0.29) is 10.8 Å². The van der Waals surface area contributed by atoms with Crippen LogP contribution in [0.15, 0.2) is 53.4 Å². The number of nitrogens with zero attached hydrogens (tertiary/aromatic N) is 2. The van der Waals surface area contributed by atoms with Gasteiger partial charge in [-0.25, -0.2) is 15.0 Å². The van der Waals surface area contributed by atoms with Gasteiger partial charge < -0.3 is 14.3 Å². The molecule has 0 N–H and O–H groups in total. The first kappa shape index (κ1) is 20.5. The fourth-order valence-corrected chi connectivity index (χ4v) is 7.17. The summed E-state index contributed by atoms with van der Waals surface area (Å²) in [5, 5.41) is 0. The number of ether oxygens (including phenoxy) is 2. The molecule has 5 rings (SSSR count). The number of anilines is 1. The Kier molecular flexibility index (Phi) is 5.04. The SMILES string of the molecule is [C-]#[N+][C@H]1c2ccccc2N(S(=O)(=O)c2ccc(C)cc2)[C@@H]1[C@@H]1CCCCC12OCCO2. The molecule has 2 aromatic carbocycles. The first-order valence-electron chi connectivity index (χ1n) is 10.8. The van der Waals surface area contributed by atoms with Crippen molar-refractivity contribution < 1.29 is 17.9 Å². The van der Waals surface area contributed by atoms with Crippen molar-refractivity contribution in [1.29, 1.82) is 0 Å². The van der Waals surface area contributed by atoms with Gasteiger partial charge in [0, 0.05) is 12.3 Å². The zero-order valence-electron chi connectivity index (χ0n) is 17.5. The summed E-state index contributed by atoms with van der Waals surface area (Å²) < 4.78 is 41.7. The molecule has 1 aliphatic carbocycles. The van der Waals surface area contributed by atoms with Gasteiger partial charge in [-0.3, -0.25) is 4.31 Å². The normalized spacial score (nSPS) is 27.2. The van der Waals surface area contributed by atoms with Crippen LogP contribution in [0.3, 0.4) is 0 Å². The van der Waals surface area contributed by atoms with Crippen molar-refractivity contribution in [3.63, 3.8) is 0 Å². The lowest BCUT2D eigenvalue weighted by Crippen LogP contribution is -2.54. The molecular formula is C24H26N2O4S. The van der Waals surface area contributed by atoms with Gasteiger partial charge in [0.25, 0.3) is 16.1 Å². The van der Waals surface area contributed by atoms with Gasteiger partial charge in [-0.15, -0.1) is 0 Å². The monoisotopic (exact) mass is 438 g/mol. The second kappa shape index (κ2) is 7.63. The summed E-state index contributed by atoms with van der Waals surface area (Å²) in [5.41, 5.74) is 2.35. The van der Waals surface area contributed by atoms with E-state index in [0.717, 1.165) is 36.8 Å². The Labute approximate surface area is 183 Å². The van der Waals surface area contributed by atoms with Gasteiger partial charge in [-0.2, -0.15) is 0 Å². The van der Waals surface area contributed by atoms with Crippen molar-refractivity contribution in [1.82, 2.24) is 0 Å². The molecule has 3 aliphatic rings. The predicted molar refractivity (Wildman–Crippen MR) is 117 cm³/mol. The quantitative estimate of drug-likeness (QED) is 0.664. The van der Waals surface area contributed by atoms with E-state index < -0.39 is 27.9 Å². The third-order valence-electron chi connectivity index (χ3n) is 6.85. The molecule has 7 heteroatoms. The average Bonchev–Trinajstić information content (AvgIpc) is 3.37. The predicted octanol–water partition coefficient (Wildman–Crippen LogP) is 4.47. The number of hydrogen-bond donors (Lipinski definition) is 0. The van der Waals surface area contributed by atoms with E-state index in [1.807, 2.05) is 43.3 Å². The molecule has 31 heavy (non-hydrogen) atoms. The zero-order chi connectivity index (χ0) is 21.6. The first-order valence-corrected chi connectivity index (χ1v) is 12.3. The van der Waals surface area contributed by atoms with Crippen molar-refractivity contribution in [3.05, 3.63) is 71.1 Å². The van der Waals surface area contributed by atoms with E-state index in [4.69, 9.17) is 16.0 Å². The van der Waals surface area contributed by atoms with Crippen LogP contribution in [0.1, 0.15) is 42.9 Å². The number of para-hydroxylation sites is 1. The molecular weight excluding hydrogens is 412 g/mol. The van der Waals surface area contributed by atoms with E-state index in [1.165, 1.54) is 4.31 Å². The number of benzene rings is 2. The summed E-state index contributed by atoms with van der Waals surface area (Å²) in [6.07, 6.45) is 3.44. The Morgan fingerprint density at radius 3 is 2.48 bits per heavy atom. The zero-order valence-corrected chi connectivity index (χ0v) is 18.3. The highest BCUT2D eigenvalue weighted by Gasteiger charge is 2.60. The van der Waals surface area contributed by atoms with E-state index in [9.17, 15) is 8.42 Å². The lowest BCUT2D eigenvalue weighted by atomic mass is 9.76. The molecule has 1 saturated heterocycles. The lowest BCUT2D eigenvalue weighted by Gasteiger charge is -2.44. The topological polar surface area (TPSA) is 60.2 Å². The van der Waals surface area contributed by atoms with Crippen LogP contribution in [-0.4, -0.2) is 33.5 Å². The summed E-state index contributed by atoms with van der Waals surface area (Å²) in [4.78, 5) is 4.18. The minimum atomic E-state index is -3.88. The van der Waals surface area contributed by atoms with Crippen LogP contribution >= 0.6 is 0 Å². The van der Waals surface area contributed by atoms with Crippen LogP contribution in [0, 0.1) is 19.4 Å². The summed E-state index contributed by atoms with van der Waals surface area (Å²) in [6.45, 7) is 10.9. The van der Waals surface area contributed by atoms with Crippen LogP contribution < -0.4 is 4.31 Å². The fraction of sp³-hybridized carbons (Fsp3) is 0.458. The molecule has 1 saturated carbocycles. The molecule has 2 fully saturated rings. The molecule has 1 spiro atoms. The molecule has 2 aromatic rings. The van der Waals surface area contributed by atoms with Crippen molar-refractivity contribution in [2.24, 2.45) is 5.92 Å². The largest absolute Gasteiger partial charge is 0.347 e. The molecule has 162 valence electrons. The van der Waals surface area contributed by atoms with E-state index in [1.54, 1.807) is 12.1 Å². The molecule has 0 amide bonds. The second-order valence-corrected chi connectivity index (χ2v) is 10.4. The third kappa shape index (κ3) is 3.16. The lowest BCUT2D eigenvalue weighted by molar-refractivity contribution is -0.216. The molecule has 2 heterocycles.